The summed E-state index contributed by atoms with van der Waals surface area (Å²) in [5, 5.41) is 9.07. The fourth-order valence-corrected chi connectivity index (χ4v) is 3.02. The fraction of sp³-hybridized carbons (Fsp3) is 0.500. The summed E-state index contributed by atoms with van der Waals surface area (Å²) in [5.74, 6) is -1.92. The second kappa shape index (κ2) is 6.31. The number of rotatable bonds is 6. The molecule has 0 heterocycles. The van der Waals surface area contributed by atoms with Crippen molar-refractivity contribution in [1.82, 2.24) is 4.90 Å². The molecule has 1 N–H and O–H groups in total. The Hall–Kier alpha value is -1.89. The number of benzene rings is 1. The lowest BCUT2D eigenvalue weighted by Crippen LogP contribution is -2.39. The van der Waals surface area contributed by atoms with E-state index in [2.05, 4.69) is 0 Å². The summed E-state index contributed by atoms with van der Waals surface area (Å²) in [6.07, 6.45) is 2.79. The van der Waals surface area contributed by atoms with Gasteiger partial charge in [-0.05, 0) is 37.5 Å². The molecule has 0 bridgehead atoms. The van der Waals surface area contributed by atoms with Gasteiger partial charge in [0.15, 0.2) is 9.84 Å². The third-order valence-corrected chi connectivity index (χ3v) is 5.12. The van der Waals surface area contributed by atoms with Crippen molar-refractivity contribution >= 4 is 21.7 Å². The van der Waals surface area contributed by atoms with Gasteiger partial charge in [-0.1, -0.05) is 13.0 Å². The van der Waals surface area contributed by atoms with Crippen molar-refractivity contribution in [2.75, 3.05) is 12.8 Å². The minimum absolute atomic E-state index is 0.0468. The van der Waals surface area contributed by atoms with E-state index in [0.717, 1.165) is 19.1 Å². The van der Waals surface area contributed by atoms with Gasteiger partial charge >= 0.3 is 5.97 Å². The van der Waals surface area contributed by atoms with Crippen molar-refractivity contribution in [3.63, 3.8) is 0 Å². The van der Waals surface area contributed by atoms with Crippen LogP contribution in [0.25, 0.3) is 0 Å². The number of aliphatic carboxylic acids is 1. The highest BCUT2D eigenvalue weighted by Gasteiger charge is 2.35. The highest BCUT2D eigenvalue weighted by Crippen LogP contribution is 2.30. The van der Waals surface area contributed by atoms with Crippen molar-refractivity contribution in [2.45, 2.75) is 37.6 Å². The lowest BCUT2D eigenvalue weighted by atomic mass is 10.1. The van der Waals surface area contributed by atoms with Gasteiger partial charge in [0.25, 0.3) is 5.91 Å². The molecule has 1 unspecified atom stereocenters. The van der Waals surface area contributed by atoms with Crippen LogP contribution in [0.5, 0.6) is 0 Å². The fourth-order valence-electron chi connectivity index (χ4n) is 2.37. The number of hydrogen-bond acceptors (Lipinski definition) is 4. The Morgan fingerprint density at radius 2 is 1.96 bits per heavy atom. The van der Waals surface area contributed by atoms with Crippen LogP contribution in [-0.2, 0) is 14.6 Å². The predicted octanol–water partition coefficient (Wildman–Crippen LogP) is 1.72. The van der Waals surface area contributed by atoms with Gasteiger partial charge in [-0.15, -0.1) is 0 Å². The topological polar surface area (TPSA) is 91.8 Å². The Morgan fingerprint density at radius 3 is 2.43 bits per heavy atom. The smallest absolute Gasteiger partial charge is 0.308 e. The molecule has 1 amide bonds. The van der Waals surface area contributed by atoms with Gasteiger partial charge in [0.05, 0.1) is 10.8 Å². The zero-order chi connectivity index (χ0) is 17.4. The van der Waals surface area contributed by atoms with Crippen LogP contribution >= 0.6 is 0 Å². The van der Waals surface area contributed by atoms with E-state index < -0.39 is 21.7 Å². The van der Waals surface area contributed by atoms with Gasteiger partial charge in [0.2, 0.25) is 0 Å². The average molecular weight is 339 g/mol. The highest BCUT2D eigenvalue weighted by atomic mass is 32.2. The Kier molecular flexibility index (Phi) is 4.79. The summed E-state index contributed by atoms with van der Waals surface area (Å²) in [4.78, 5) is 25.5. The molecule has 1 saturated carbocycles. The molecule has 0 aromatic heterocycles. The predicted molar refractivity (Wildman–Crippen MR) is 85.1 cm³/mol. The molecule has 1 fully saturated rings. The molecule has 1 atom stereocenters. The molecule has 2 rings (SSSR count). The van der Waals surface area contributed by atoms with Crippen molar-refractivity contribution < 1.29 is 23.1 Å². The van der Waals surface area contributed by atoms with Gasteiger partial charge in [0.1, 0.15) is 0 Å². The maximum Gasteiger partial charge on any atom is 0.308 e. The number of sulfone groups is 1. The third-order valence-electron chi connectivity index (χ3n) is 4.01. The van der Waals surface area contributed by atoms with E-state index in [-0.39, 0.29) is 23.4 Å². The second-order valence-electron chi connectivity index (χ2n) is 6.18. The summed E-state index contributed by atoms with van der Waals surface area (Å²) < 4.78 is 23.4. The Bertz CT molecular complexity index is 737. The lowest BCUT2D eigenvalue weighted by Gasteiger charge is -2.25. The minimum atomic E-state index is -3.41. The molecule has 1 aromatic rings. The molecule has 1 aromatic carbocycles. The SMILES string of the molecule is Cc1ccc(S(C)(=O)=O)cc1C(=O)N(CC(C)C(=O)O)C1CC1. The van der Waals surface area contributed by atoms with E-state index in [4.69, 9.17) is 5.11 Å². The largest absolute Gasteiger partial charge is 0.481 e. The molecular weight excluding hydrogens is 318 g/mol. The Morgan fingerprint density at radius 1 is 1.35 bits per heavy atom. The number of carboxylic acids is 1. The molecule has 7 heteroatoms. The number of amides is 1. The monoisotopic (exact) mass is 339 g/mol. The van der Waals surface area contributed by atoms with Crippen molar-refractivity contribution in [3.8, 4) is 0 Å². The van der Waals surface area contributed by atoms with Crippen LogP contribution in [0.2, 0.25) is 0 Å². The van der Waals surface area contributed by atoms with Gasteiger partial charge in [0, 0.05) is 24.4 Å². The quantitative estimate of drug-likeness (QED) is 0.852. The average Bonchev–Trinajstić information content (AvgIpc) is 3.27. The van der Waals surface area contributed by atoms with Crippen LogP contribution in [-0.4, -0.2) is 49.1 Å². The molecule has 1 aliphatic carbocycles. The maximum absolute atomic E-state index is 12.8. The second-order valence-corrected chi connectivity index (χ2v) is 8.19. The Labute approximate surface area is 136 Å². The summed E-state index contributed by atoms with van der Waals surface area (Å²) >= 11 is 0. The molecule has 126 valence electrons. The number of nitrogens with zero attached hydrogens (tertiary/aromatic N) is 1. The van der Waals surface area contributed by atoms with E-state index in [1.165, 1.54) is 12.1 Å². The summed E-state index contributed by atoms with van der Waals surface area (Å²) in [5.41, 5.74) is 0.994. The first-order valence-electron chi connectivity index (χ1n) is 7.45. The van der Waals surface area contributed by atoms with Gasteiger partial charge in [-0.25, -0.2) is 8.42 Å². The maximum atomic E-state index is 12.8. The van der Waals surface area contributed by atoms with Gasteiger partial charge < -0.3 is 10.0 Å². The molecule has 0 radical (unpaired) electrons. The van der Waals surface area contributed by atoms with Crippen LogP contribution in [0.3, 0.4) is 0 Å². The molecular formula is C16H21NO5S. The van der Waals surface area contributed by atoms with Gasteiger partial charge in [-0.3, -0.25) is 9.59 Å². The number of hydrogen-bond donors (Lipinski definition) is 1. The van der Waals surface area contributed by atoms with Crippen LogP contribution in [0.1, 0.15) is 35.7 Å². The number of carbonyl (C=O) groups excluding carboxylic acids is 1. The Balaban J connectivity index is 2.35. The molecule has 23 heavy (non-hydrogen) atoms. The molecule has 1 aliphatic rings. The van der Waals surface area contributed by atoms with E-state index >= 15 is 0 Å². The first kappa shape index (κ1) is 17.5. The minimum Gasteiger partial charge on any atom is -0.481 e. The first-order chi connectivity index (χ1) is 10.6. The van der Waals surface area contributed by atoms with E-state index in [1.54, 1.807) is 24.8 Å². The van der Waals surface area contributed by atoms with Crippen molar-refractivity contribution in [2.24, 2.45) is 5.92 Å². The van der Waals surface area contributed by atoms with E-state index in [1.807, 2.05) is 0 Å². The summed E-state index contributed by atoms with van der Waals surface area (Å²) in [7, 11) is -3.41. The molecule has 0 aliphatic heterocycles. The van der Waals surface area contributed by atoms with E-state index in [0.29, 0.717) is 11.1 Å². The van der Waals surface area contributed by atoms with Crippen LogP contribution < -0.4 is 0 Å². The molecule has 0 spiro atoms. The zero-order valence-electron chi connectivity index (χ0n) is 13.4. The number of carbonyl (C=O) groups is 2. The standard InChI is InChI=1S/C16H21NO5S/c1-10-4-7-13(23(3,21)22)8-14(10)15(18)17(12-5-6-12)9-11(2)16(19)20/h4,7-8,11-12H,5-6,9H2,1-3H3,(H,19,20). The van der Waals surface area contributed by atoms with E-state index in [9.17, 15) is 18.0 Å². The highest BCUT2D eigenvalue weighted by molar-refractivity contribution is 7.90. The van der Waals surface area contributed by atoms with Crippen molar-refractivity contribution in [1.29, 1.82) is 0 Å². The number of carboxylic acid groups (broad SMARTS) is 1. The van der Waals surface area contributed by atoms with Crippen LogP contribution in [0, 0.1) is 12.8 Å². The molecule has 6 nitrogen and oxygen atoms in total. The summed E-state index contributed by atoms with van der Waals surface area (Å²) in [6, 6.07) is 4.51. The third kappa shape index (κ3) is 4.10. The zero-order valence-corrected chi connectivity index (χ0v) is 14.3. The van der Waals surface area contributed by atoms with Crippen molar-refractivity contribution in [3.05, 3.63) is 29.3 Å². The molecule has 0 saturated heterocycles. The summed E-state index contributed by atoms with van der Waals surface area (Å²) in [6.45, 7) is 3.43. The number of aryl methyl sites for hydroxylation is 1. The normalized spacial score (nSPS) is 16.0. The lowest BCUT2D eigenvalue weighted by molar-refractivity contribution is -0.141. The van der Waals surface area contributed by atoms with Gasteiger partial charge in [-0.2, -0.15) is 0 Å². The first-order valence-corrected chi connectivity index (χ1v) is 9.35. The van der Waals surface area contributed by atoms with Crippen LogP contribution in [0.15, 0.2) is 23.1 Å². The van der Waals surface area contributed by atoms with Crippen LogP contribution in [0.4, 0.5) is 0 Å².